The first-order valence-electron chi connectivity index (χ1n) is 14.9. The van der Waals surface area contributed by atoms with Gasteiger partial charge in [-0.2, -0.15) is 4.98 Å². The van der Waals surface area contributed by atoms with E-state index in [1.165, 1.54) is 18.5 Å². The van der Waals surface area contributed by atoms with E-state index < -0.39 is 5.60 Å². The first-order valence-corrected chi connectivity index (χ1v) is 14.9. The average Bonchev–Trinajstić information content (AvgIpc) is 3.64. The van der Waals surface area contributed by atoms with Crippen molar-refractivity contribution in [3.8, 4) is 5.75 Å². The Morgan fingerprint density at radius 3 is 2.48 bits per heavy atom. The molecule has 2 aromatic carbocycles. The number of rotatable bonds is 10. The van der Waals surface area contributed by atoms with Gasteiger partial charge in [-0.3, -0.25) is 4.79 Å². The van der Waals surface area contributed by atoms with Crippen LogP contribution in [0.25, 0.3) is 0 Å². The molecule has 3 aliphatic rings. The Bertz CT molecular complexity index is 1590. The predicted molar refractivity (Wildman–Crippen MR) is 169 cm³/mol. The van der Waals surface area contributed by atoms with Crippen LogP contribution in [0.4, 0.5) is 39.0 Å². The third-order valence-corrected chi connectivity index (χ3v) is 8.68. The highest BCUT2D eigenvalue weighted by Gasteiger charge is 2.41. The third kappa shape index (κ3) is 6.04. The molecule has 232 valence electrons. The monoisotopic (exact) mass is 602 g/mol. The Morgan fingerprint density at radius 1 is 1.09 bits per heavy atom. The highest BCUT2D eigenvalue weighted by Crippen LogP contribution is 2.45. The fraction of sp³-hybridized carbons (Fsp3) is 0.438. The van der Waals surface area contributed by atoms with Crippen molar-refractivity contribution in [2.45, 2.75) is 50.7 Å². The molecule has 1 aromatic heterocycles. The Labute approximate surface area is 256 Å². The minimum absolute atomic E-state index is 0.163. The number of methoxy groups -OCH3 is 1. The van der Waals surface area contributed by atoms with Gasteiger partial charge >= 0.3 is 0 Å². The molecule has 0 radical (unpaired) electrons. The van der Waals surface area contributed by atoms with E-state index in [2.05, 4.69) is 54.3 Å². The molecule has 1 amide bonds. The summed E-state index contributed by atoms with van der Waals surface area (Å²) in [7, 11) is 3.72. The molecule has 11 nitrogen and oxygen atoms in total. The zero-order valence-electron chi connectivity index (χ0n) is 25.5. The van der Waals surface area contributed by atoms with Crippen molar-refractivity contribution in [3.05, 3.63) is 60.2 Å². The van der Waals surface area contributed by atoms with Gasteiger partial charge in [0, 0.05) is 43.0 Å². The topological polar surface area (TPSA) is 128 Å². The van der Waals surface area contributed by atoms with Crippen molar-refractivity contribution in [2.24, 2.45) is 5.92 Å². The number of ether oxygens (including phenoxy) is 1. The number of hydrogen-bond donors (Lipinski definition) is 4. The summed E-state index contributed by atoms with van der Waals surface area (Å²) in [5.41, 5.74) is 2.33. The molecular weight excluding hydrogens is 563 g/mol. The van der Waals surface area contributed by atoms with Crippen LogP contribution in [0, 0.1) is 11.7 Å². The largest absolute Gasteiger partial charge is 0.494 e. The second-order valence-electron chi connectivity index (χ2n) is 12.4. The molecule has 0 bridgehead atoms. The third-order valence-electron chi connectivity index (χ3n) is 8.68. The molecule has 6 rings (SSSR count). The summed E-state index contributed by atoms with van der Waals surface area (Å²) in [5, 5.41) is 20.1. The number of carbonyl (C=O) groups is 1. The van der Waals surface area contributed by atoms with Crippen LogP contribution < -0.4 is 25.6 Å². The summed E-state index contributed by atoms with van der Waals surface area (Å²) >= 11 is 0. The second-order valence-corrected chi connectivity index (χ2v) is 12.4. The molecule has 4 N–H and O–H groups in total. The van der Waals surface area contributed by atoms with E-state index in [0.717, 1.165) is 44.6 Å². The highest BCUT2D eigenvalue weighted by molar-refractivity contribution is 6.02. The van der Waals surface area contributed by atoms with Crippen LogP contribution in [0.2, 0.25) is 0 Å². The van der Waals surface area contributed by atoms with Crippen LogP contribution in [-0.4, -0.2) is 70.7 Å². The number of benzene rings is 2. The number of amides is 1. The number of anilines is 6. The van der Waals surface area contributed by atoms with Crippen LogP contribution in [0.5, 0.6) is 5.75 Å². The number of carbonyl (C=O) groups excluding carboxylic acids is 1. The molecule has 12 heteroatoms. The van der Waals surface area contributed by atoms with E-state index in [1.54, 1.807) is 33.1 Å². The lowest BCUT2D eigenvalue weighted by Crippen LogP contribution is -2.35. The zero-order valence-corrected chi connectivity index (χ0v) is 25.5. The number of hydrogen-bond acceptors (Lipinski definition) is 10. The van der Waals surface area contributed by atoms with E-state index in [0.29, 0.717) is 45.9 Å². The number of nitrogens with zero attached hydrogens (tertiary/aromatic N) is 5. The molecule has 2 atom stereocenters. The fourth-order valence-electron chi connectivity index (χ4n) is 6.39. The van der Waals surface area contributed by atoms with Crippen molar-refractivity contribution in [2.75, 3.05) is 54.6 Å². The van der Waals surface area contributed by atoms with Crippen LogP contribution >= 0.6 is 0 Å². The molecule has 3 heterocycles. The van der Waals surface area contributed by atoms with Gasteiger partial charge in [0.15, 0.2) is 0 Å². The molecule has 2 saturated heterocycles. The van der Waals surface area contributed by atoms with Crippen LogP contribution in [-0.2, 0) is 10.4 Å². The zero-order chi connectivity index (χ0) is 31.2. The lowest BCUT2D eigenvalue weighted by molar-refractivity contribution is -0.111. The molecule has 3 fully saturated rings. The van der Waals surface area contributed by atoms with Gasteiger partial charge in [-0.25, -0.2) is 14.4 Å². The summed E-state index contributed by atoms with van der Waals surface area (Å²) < 4.78 is 20.8. The molecule has 1 saturated carbocycles. The normalized spacial score (nSPS) is 19.9. The van der Waals surface area contributed by atoms with Crippen LogP contribution in [0.3, 0.4) is 0 Å². The molecule has 0 spiro atoms. The van der Waals surface area contributed by atoms with Crippen LogP contribution in [0.15, 0.2) is 43.2 Å². The first kappa shape index (κ1) is 29.8. The fourth-order valence-corrected chi connectivity index (χ4v) is 6.39. The minimum Gasteiger partial charge on any atom is -0.494 e. The number of nitrogens with one attached hydrogen (secondary N) is 3. The second kappa shape index (κ2) is 11.7. The Kier molecular flexibility index (Phi) is 7.89. The van der Waals surface area contributed by atoms with Gasteiger partial charge in [-0.1, -0.05) is 6.58 Å². The predicted octanol–water partition coefficient (Wildman–Crippen LogP) is 4.88. The Hall–Kier alpha value is -4.29. The molecule has 1 unspecified atom stereocenters. The van der Waals surface area contributed by atoms with E-state index in [1.807, 2.05) is 6.07 Å². The first-order chi connectivity index (χ1) is 21.0. The molecule has 44 heavy (non-hydrogen) atoms. The quantitative estimate of drug-likeness (QED) is 0.239. The SMILES string of the molecule is C=CC(=O)Nc1cc(Nc2ncnc(Nc3cc(F)c(C4CC4)cc3C(C)(C)O)n2)c(OC)cc1N1CCC2CN(C)C[C@@H]21. The van der Waals surface area contributed by atoms with Crippen molar-refractivity contribution in [3.63, 3.8) is 0 Å². The van der Waals surface area contributed by atoms with Gasteiger partial charge in [0.05, 0.1) is 29.8 Å². The molecular formula is C32H39FN8O3. The summed E-state index contributed by atoms with van der Waals surface area (Å²) in [6.45, 7) is 9.82. The number of likely N-dealkylation sites (tertiary alicyclic amines) is 1. The molecule has 3 aromatic rings. The van der Waals surface area contributed by atoms with Gasteiger partial charge in [-0.05, 0) is 81.8 Å². The van der Waals surface area contributed by atoms with Crippen molar-refractivity contribution in [1.29, 1.82) is 0 Å². The molecule has 2 aliphatic heterocycles. The number of halogens is 1. The maximum absolute atomic E-state index is 15.0. The lowest BCUT2D eigenvalue weighted by atomic mass is 9.93. The van der Waals surface area contributed by atoms with E-state index in [-0.39, 0.29) is 29.5 Å². The Balaban J connectivity index is 1.30. The number of aliphatic hydroxyl groups is 1. The number of likely N-dealkylation sites (N-methyl/N-ethyl adjacent to an activating group) is 1. The lowest BCUT2D eigenvalue weighted by Gasteiger charge is -2.29. The smallest absolute Gasteiger partial charge is 0.247 e. The average molecular weight is 603 g/mol. The summed E-state index contributed by atoms with van der Waals surface area (Å²) in [4.78, 5) is 30.1. The maximum Gasteiger partial charge on any atom is 0.247 e. The van der Waals surface area contributed by atoms with Crippen LogP contribution in [0.1, 0.15) is 50.2 Å². The van der Waals surface area contributed by atoms with Crippen molar-refractivity contribution < 1.29 is 19.0 Å². The van der Waals surface area contributed by atoms with Gasteiger partial charge in [0.25, 0.3) is 0 Å². The van der Waals surface area contributed by atoms with Crippen molar-refractivity contribution >= 4 is 40.6 Å². The standard InChI is InChI=1S/C32H39FN8O3/c1-6-29(42)36-24-13-25(28(44-5)14-26(24)41-10-9-19-15-40(4)16-27(19)41)38-31-35-17-34-30(39-31)37-23-12-22(33)20(18-7-8-18)11-21(23)32(2,3)43/h6,11-14,17-19,27,43H,1,7-10,15-16H2,2-5H3,(H,36,42)(H2,34,35,37,38,39)/t19?,27-/m0/s1. The summed E-state index contributed by atoms with van der Waals surface area (Å²) in [6, 6.07) is 7.18. The van der Waals surface area contributed by atoms with E-state index in [4.69, 9.17) is 4.74 Å². The summed E-state index contributed by atoms with van der Waals surface area (Å²) in [6.07, 6.45) is 5.53. The van der Waals surface area contributed by atoms with E-state index in [9.17, 15) is 9.90 Å². The Morgan fingerprint density at radius 2 is 1.82 bits per heavy atom. The number of fused-ring (bicyclic) bond motifs is 1. The van der Waals surface area contributed by atoms with Gasteiger partial charge < -0.3 is 35.6 Å². The summed E-state index contributed by atoms with van der Waals surface area (Å²) in [5.74, 6) is 1.01. The molecule has 1 aliphatic carbocycles. The number of aromatic nitrogens is 3. The van der Waals surface area contributed by atoms with Gasteiger partial charge in [0.2, 0.25) is 17.8 Å². The van der Waals surface area contributed by atoms with Gasteiger partial charge in [-0.15, -0.1) is 0 Å². The maximum atomic E-state index is 15.0. The van der Waals surface area contributed by atoms with Crippen molar-refractivity contribution in [1.82, 2.24) is 19.9 Å². The highest BCUT2D eigenvalue weighted by atomic mass is 19.1. The van der Waals surface area contributed by atoms with Gasteiger partial charge in [0.1, 0.15) is 17.9 Å². The minimum atomic E-state index is -1.22. The van der Waals surface area contributed by atoms with E-state index >= 15 is 4.39 Å².